The second-order valence-electron chi connectivity index (χ2n) is 6.39. The number of carboxylic acid groups (broad SMARTS) is 1. The monoisotopic (exact) mass is 297 g/mol. The molecular weight excluding hydrogens is 270 g/mol. The van der Waals surface area contributed by atoms with Crippen molar-refractivity contribution in [1.82, 2.24) is 15.1 Å². The zero-order valence-electron chi connectivity index (χ0n) is 12.9. The number of piperidine rings is 2. The van der Waals surface area contributed by atoms with Crippen LogP contribution in [0.2, 0.25) is 0 Å². The predicted molar refractivity (Wildman–Crippen MR) is 80.0 cm³/mol. The molecule has 2 heterocycles. The van der Waals surface area contributed by atoms with Crippen molar-refractivity contribution in [3.8, 4) is 0 Å². The summed E-state index contributed by atoms with van der Waals surface area (Å²) in [5.41, 5.74) is 0. The van der Waals surface area contributed by atoms with Crippen molar-refractivity contribution >= 4 is 11.9 Å². The maximum Gasteiger partial charge on any atom is 0.306 e. The minimum Gasteiger partial charge on any atom is -0.481 e. The van der Waals surface area contributed by atoms with Crippen molar-refractivity contribution in [3.63, 3.8) is 0 Å². The predicted octanol–water partition coefficient (Wildman–Crippen LogP) is 0.241. The fraction of sp³-hybridized carbons (Fsp3) is 0.867. The average molecular weight is 297 g/mol. The number of hydrogen-bond donors (Lipinski definition) is 2. The number of nitrogens with zero attached hydrogens (tertiary/aromatic N) is 2. The van der Waals surface area contributed by atoms with Gasteiger partial charge in [0.1, 0.15) is 0 Å². The molecular formula is C15H27N3O3. The molecule has 0 aromatic carbocycles. The van der Waals surface area contributed by atoms with Crippen LogP contribution in [0.5, 0.6) is 0 Å². The van der Waals surface area contributed by atoms with Crippen LogP contribution in [0.3, 0.4) is 0 Å². The molecule has 2 aliphatic rings. The molecule has 2 fully saturated rings. The summed E-state index contributed by atoms with van der Waals surface area (Å²) in [5, 5.41) is 12.2. The van der Waals surface area contributed by atoms with E-state index in [1.807, 2.05) is 0 Å². The Morgan fingerprint density at radius 3 is 2.52 bits per heavy atom. The van der Waals surface area contributed by atoms with E-state index < -0.39 is 5.97 Å². The number of rotatable bonds is 5. The molecule has 6 heteroatoms. The smallest absolute Gasteiger partial charge is 0.306 e. The van der Waals surface area contributed by atoms with E-state index in [9.17, 15) is 9.59 Å². The molecule has 2 rings (SSSR count). The van der Waals surface area contributed by atoms with E-state index >= 15 is 0 Å². The van der Waals surface area contributed by atoms with Crippen molar-refractivity contribution in [3.05, 3.63) is 0 Å². The molecule has 0 bridgehead atoms. The molecule has 0 saturated carbocycles. The summed E-state index contributed by atoms with van der Waals surface area (Å²) >= 11 is 0. The Labute approximate surface area is 126 Å². The number of hydrogen-bond acceptors (Lipinski definition) is 4. The molecule has 0 aliphatic carbocycles. The molecule has 0 aromatic heterocycles. The lowest BCUT2D eigenvalue weighted by Crippen LogP contribution is -2.45. The van der Waals surface area contributed by atoms with Gasteiger partial charge < -0.3 is 20.2 Å². The van der Waals surface area contributed by atoms with Gasteiger partial charge in [0.05, 0.1) is 12.5 Å². The van der Waals surface area contributed by atoms with E-state index in [-0.39, 0.29) is 11.8 Å². The van der Waals surface area contributed by atoms with E-state index in [2.05, 4.69) is 17.3 Å². The van der Waals surface area contributed by atoms with Crippen LogP contribution < -0.4 is 5.32 Å². The first-order chi connectivity index (χ1) is 10.1. The average Bonchev–Trinajstić information content (AvgIpc) is 2.47. The van der Waals surface area contributed by atoms with Crippen LogP contribution in [0.4, 0.5) is 0 Å². The lowest BCUT2D eigenvalue weighted by molar-refractivity contribution is -0.145. The molecule has 1 amide bonds. The molecule has 21 heavy (non-hydrogen) atoms. The van der Waals surface area contributed by atoms with Crippen LogP contribution in [-0.2, 0) is 9.59 Å². The molecule has 120 valence electrons. The molecule has 2 aliphatic heterocycles. The summed E-state index contributed by atoms with van der Waals surface area (Å²) in [6.45, 7) is 4.69. The van der Waals surface area contributed by atoms with E-state index in [0.717, 1.165) is 13.1 Å². The van der Waals surface area contributed by atoms with Gasteiger partial charge >= 0.3 is 5.97 Å². The number of nitrogens with one attached hydrogen (secondary N) is 1. The lowest BCUT2D eigenvalue weighted by Gasteiger charge is -2.31. The Bertz CT molecular complexity index is 367. The fourth-order valence-electron chi connectivity index (χ4n) is 3.31. The Hall–Kier alpha value is -1.14. The van der Waals surface area contributed by atoms with Gasteiger partial charge in [0.15, 0.2) is 0 Å². The summed E-state index contributed by atoms with van der Waals surface area (Å²) in [7, 11) is 2.14. The van der Waals surface area contributed by atoms with Gasteiger partial charge in [-0.1, -0.05) is 0 Å². The van der Waals surface area contributed by atoms with E-state index in [1.165, 1.54) is 19.4 Å². The van der Waals surface area contributed by atoms with Crippen molar-refractivity contribution in [2.24, 2.45) is 11.8 Å². The first-order valence-electron chi connectivity index (χ1n) is 7.96. The Balaban J connectivity index is 1.62. The van der Waals surface area contributed by atoms with Crippen molar-refractivity contribution in [2.45, 2.75) is 25.7 Å². The van der Waals surface area contributed by atoms with Gasteiger partial charge in [-0.15, -0.1) is 0 Å². The highest BCUT2D eigenvalue weighted by atomic mass is 16.4. The summed E-state index contributed by atoms with van der Waals surface area (Å²) in [6, 6.07) is 0. The Kier molecular flexibility index (Phi) is 5.99. The van der Waals surface area contributed by atoms with Crippen molar-refractivity contribution in [1.29, 1.82) is 0 Å². The van der Waals surface area contributed by atoms with Crippen molar-refractivity contribution < 1.29 is 14.7 Å². The molecule has 6 nitrogen and oxygen atoms in total. The maximum absolute atomic E-state index is 12.1. The molecule has 0 spiro atoms. The topological polar surface area (TPSA) is 72.9 Å². The van der Waals surface area contributed by atoms with Crippen LogP contribution in [-0.4, -0.2) is 73.1 Å². The minimum absolute atomic E-state index is 0.100. The second-order valence-corrected chi connectivity index (χ2v) is 6.39. The van der Waals surface area contributed by atoms with Gasteiger partial charge in [-0.2, -0.15) is 0 Å². The van der Waals surface area contributed by atoms with Gasteiger partial charge in [0, 0.05) is 19.6 Å². The van der Waals surface area contributed by atoms with Crippen LogP contribution in [0.25, 0.3) is 0 Å². The van der Waals surface area contributed by atoms with Gasteiger partial charge in [0.25, 0.3) is 0 Å². The number of carbonyl (C=O) groups excluding carboxylic acids is 1. The van der Waals surface area contributed by atoms with Crippen molar-refractivity contribution in [2.75, 3.05) is 46.3 Å². The Morgan fingerprint density at radius 1 is 1.19 bits per heavy atom. The number of likely N-dealkylation sites (tertiary alicyclic amines) is 2. The molecule has 0 aromatic rings. The van der Waals surface area contributed by atoms with Crippen LogP contribution in [0.15, 0.2) is 0 Å². The standard InChI is InChI=1S/C15H27N3O3/c1-17-6-2-3-12(11-17)9-16-10-14(19)18-7-4-13(5-8-18)15(20)21/h12-13,16H,2-11H2,1H3,(H,20,21). The third kappa shape index (κ3) is 4.97. The van der Waals surface area contributed by atoms with E-state index in [1.54, 1.807) is 4.90 Å². The zero-order chi connectivity index (χ0) is 15.2. The van der Waals surface area contributed by atoms with Gasteiger partial charge in [0.2, 0.25) is 5.91 Å². The first kappa shape index (κ1) is 16.2. The van der Waals surface area contributed by atoms with Gasteiger partial charge in [-0.05, 0) is 51.7 Å². The van der Waals surface area contributed by atoms with E-state index in [0.29, 0.717) is 38.4 Å². The van der Waals surface area contributed by atoms with E-state index in [4.69, 9.17) is 5.11 Å². The number of carbonyl (C=O) groups is 2. The highest BCUT2D eigenvalue weighted by molar-refractivity contribution is 5.78. The van der Waals surface area contributed by atoms with Crippen LogP contribution in [0.1, 0.15) is 25.7 Å². The van der Waals surface area contributed by atoms with Gasteiger partial charge in [-0.3, -0.25) is 9.59 Å². The molecule has 1 atom stereocenters. The first-order valence-corrected chi connectivity index (χ1v) is 7.96. The SMILES string of the molecule is CN1CCCC(CNCC(=O)N2CCC(C(=O)O)CC2)C1. The number of amides is 1. The highest BCUT2D eigenvalue weighted by Crippen LogP contribution is 2.17. The lowest BCUT2D eigenvalue weighted by atomic mass is 9.97. The minimum atomic E-state index is -0.735. The van der Waals surface area contributed by atoms with Crippen LogP contribution in [0, 0.1) is 11.8 Å². The molecule has 1 unspecified atom stereocenters. The molecule has 2 N–H and O–H groups in total. The normalized spacial score (nSPS) is 25.0. The largest absolute Gasteiger partial charge is 0.481 e. The fourth-order valence-corrected chi connectivity index (χ4v) is 3.31. The molecule has 0 radical (unpaired) electrons. The van der Waals surface area contributed by atoms with Gasteiger partial charge in [-0.25, -0.2) is 0 Å². The summed E-state index contributed by atoms with van der Waals surface area (Å²) in [4.78, 5) is 27.1. The third-order valence-electron chi connectivity index (χ3n) is 4.63. The third-order valence-corrected chi connectivity index (χ3v) is 4.63. The maximum atomic E-state index is 12.1. The second kappa shape index (κ2) is 7.75. The number of aliphatic carboxylic acids is 1. The summed E-state index contributed by atoms with van der Waals surface area (Å²) in [5.74, 6) is -0.279. The highest BCUT2D eigenvalue weighted by Gasteiger charge is 2.26. The zero-order valence-corrected chi connectivity index (χ0v) is 12.9. The quantitative estimate of drug-likeness (QED) is 0.760. The molecule has 2 saturated heterocycles. The Morgan fingerprint density at radius 2 is 1.90 bits per heavy atom. The number of carboxylic acids is 1. The summed E-state index contributed by atoms with van der Waals surface area (Å²) in [6.07, 6.45) is 3.62. The van der Waals surface area contributed by atoms with Crippen LogP contribution >= 0.6 is 0 Å². The summed E-state index contributed by atoms with van der Waals surface area (Å²) < 4.78 is 0.